The Morgan fingerprint density at radius 2 is 1.88 bits per heavy atom. The summed E-state index contributed by atoms with van der Waals surface area (Å²) < 4.78 is 13.6. The van der Waals surface area contributed by atoms with E-state index in [1.165, 1.54) is 12.1 Å². The van der Waals surface area contributed by atoms with Crippen molar-refractivity contribution in [3.05, 3.63) is 63.9 Å². The van der Waals surface area contributed by atoms with Crippen molar-refractivity contribution >= 4 is 34.8 Å². The first-order chi connectivity index (χ1) is 15.3. The number of hydrogen-bond donors (Lipinski definition) is 2. The van der Waals surface area contributed by atoms with Gasteiger partial charge in [0.2, 0.25) is 0 Å². The van der Waals surface area contributed by atoms with E-state index < -0.39 is 6.04 Å². The van der Waals surface area contributed by atoms with Gasteiger partial charge in [-0.15, -0.1) is 0 Å². The fourth-order valence-electron chi connectivity index (χ4n) is 4.28. The summed E-state index contributed by atoms with van der Waals surface area (Å²) in [5.74, 6) is -0.460. The van der Waals surface area contributed by atoms with E-state index in [2.05, 4.69) is 24.7 Å². The third-order valence-corrected chi connectivity index (χ3v) is 6.46. The van der Waals surface area contributed by atoms with Crippen LogP contribution in [0.3, 0.4) is 0 Å². The molecule has 1 heterocycles. The molecule has 0 aliphatic carbocycles. The maximum atomic E-state index is 13.6. The number of unbranched alkanes of at least 4 members (excludes halogenated alkanes) is 2. The lowest BCUT2D eigenvalue weighted by Crippen LogP contribution is -2.51. The Labute approximate surface area is 199 Å². The Kier molecular flexibility index (Phi) is 8.77. The molecular formula is C24H31Cl2FN4O. The number of hydrogen-bond acceptors (Lipinski definition) is 4. The normalized spacial score (nSPS) is 20.7. The molecule has 0 bridgehead atoms. The minimum absolute atomic E-state index is 0.0590. The summed E-state index contributed by atoms with van der Waals surface area (Å²) in [6, 6.07) is 11.0. The Morgan fingerprint density at radius 3 is 2.50 bits per heavy atom. The van der Waals surface area contributed by atoms with Gasteiger partial charge in [-0.25, -0.2) is 14.8 Å². The summed E-state index contributed by atoms with van der Waals surface area (Å²) in [7, 11) is 1.88. The van der Waals surface area contributed by atoms with Gasteiger partial charge in [0.25, 0.3) is 5.91 Å². The average Bonchev–Trinajstić information content (AvgIpc) is 3.14. The van der Waals surface area contributed by atoms with Crippen LogP contribution < -0.4 is 15.9 Å². The van der Waals surface area contributed by atoms with Gasteiger partial charge < -0.3 is 0 Å². The van der Waals surface area contributed by atoms with Crippen LogP contribution in [0.15, 0.2) is 42.5 Å². The molecule has 32 heavy (non-hydrogen) atoms. The van der Waals surface area contributed by atoms with Crippen LogP contribution in [0, 0.1) is 11.7 Å². The molecule has 1 amide bonds. The molecule has 174 valence electrons. The fourth-order valence-corrected chi connectivity index (χ4v) is 4.78. The van der Waals surface area contributed by atoms with Gasteiger partial charge in [-0.2, -0.15) is 0 Å². The molecule has 3 rings (SSSR count). The van der Waals surface area contributed by atoms with E-state index in [9.17, 15) is 9.18 Å². The number of anilines is 1. The quantitative estimate of drug-likeness (QED) is 0.354. The van der Waals surface area contributed by atoms with Gasteiger partial charge in [-0.3, -0.25) is 15.2 Å². The monoisotopic (exact) mass is 480 g/mol. The zero-order chi connectivity index (χ0) is 23.3. The number of nitrogens with zero attached hydrogens (tertiary/aromatic N) is 2. The topological polar surface area (TPSA) is 47.6 Å². The summed E-state index contributed by atoms with van der Waals surface area (Å²) >= 11 is 12.6. The van der Waals surface area contributed by atoms with Crippen LogP contribution in [0.25, 0.3) is 0 Å². The first kappa shape index (κ1) is 24.8. The standard InChI is InChI=1S/C24H31Cl2FN4O/c1-4-6-7-14-30(3)29-24(32)22-19(5-2)23(16-8-11-18(27)12-9-16)31(28-22)21-13-10-17(25)15-20(21)26/h8-13,15,19,22-23,28H,4-7,14H2,1-3H3,(H,29,32). The summed E-state index contributed by atoms with van der Waals surface area (Å²) in [5, 5.41) is 4.77. The van der Waals surface area contributed by atoms with Crippen molar-refractivity contribution in [1.29, 1.82) is 0 Å². The highest BCUT2D eigenvalue weighted by molar-refractivity contribution is 6.36. The Hall–Kier alpha value is -1.86. The maximum Gasteiger partial charge on any atom is 0.253 e. The van der Waals surface area contributed by atoms with Crippen molar-refractivity contribution in [2.75, 3.05) is 18.6 Å². The first-order valence-electron chi connectivity index (χ1n) is 11.1. The molecule has 0 radical (unpaired) electrons. The van der Waals surface area contributed by atoms with Gasteiger partial charge >= 0.3 is 0 Å². The van der Waals surface area contributed by atoms with Gasteiger partial charge in [0.05, 0.1) is 16.8 Å². The number of nitrogens with one attached hydrogen (secondary N) is 2. The lowest BCUT2D eigenvalue weighted by Gasteiger charge is -2.29. The molecule has 1 saturated heterocycles. The number of halogens is 3. The van der Waals surface area contributed by atoms with Crippen molar-refractivity contribution in [2.24, 2.45) is 5.92 Å². The van der Waals surface area contributed by atoms with Crippen LogP contribution in [0.5, 0.6) is 0 Å². The molecule has 1 fully saturated rings. The molecule has 2 N–H and O–H groups in total. The van der Waals surface area contributed by atoms with Gasteiger partial charge in [-0.1, -0.05) is 62.0 Å². The Balaban J connectivity index is 1.91. The van der Waals surface area contributed by atoms with Crippen LogP contribution >= 0.6 is 23.2 Å². The van der Waals surface area contributed by atoms with E-state index in [1.54, 1.807) is 24.3 Å². The molecule has 0 spiro atoms. The molecule has 1 aliphatic heterocycles. The zero-order valence-electron chi connectivity index (χ0n) is 18.7. The van der Waals surface area contributed by atoms with Gasteiger partial charge in [0.1, 0.15) is 11.9 Å². The van der Waals surface area contributed by atoms with E-state index in [-0.39, 0.29) is 23.7 Å². The zero-order valence-corrected chi connectivity index (χ0v) is 20.3. The van der Waals surface area contributed by atoms with E-state index in [4.69, 9.17) is 23.2 Å². The predicted octanol–water partition coefficient (Wildman–Crippen LogP) is 5.75. The van der Waals surface area contributed by atoms with E-state index in [0.29, 0.717) is 10.0 Å². The number of amides is 1. The number of carbonyl (C=O) groups excluding carboxylic acids is 1. The second-order valence-electron chi connectivity index (χ2n) is 8.25. The van der Waals surface area contributed by atoms with Crippen LogP contribution in [0.2, 0.25) is 10.0 Å². The highest BCUT2D eigenvalue weighted by Crippen LogP contribution is 2.43. The lowest BCUT2D eigenvalue weighted by atomic mass is 9.86. The average molecular weight is 481 g/mol. The smallest absolute Gasteiger partial charge is 0.253 e. The highest BCUT2D eigenvalue weighted by Gasteiger charge is 2.45. The van der Waals surface area contributed by atoms with Gasteiger partial charge in [0, 0.05) is 24.5 Å². The molecule has 1 aliphatic rings. The van der Waals surface area contributed by atoms with Crippen LogP contribution in [0.4, 0.5) is 10.1 Å². The second kappa shape index (κ2) is 11.3. The van der Waals surface area contributed by atoms with Crippen molar-refractivity contribution in [2.45, 2.75) is 51.6 Å². The second-order valence-corrected chi connectivity index (χ2v) is 9.09. The summed E-state index contributed by atoms with van der Waals surface area (Å²) in [6.45, 7) is 5.00. The Morgan fingerprint density at radius 1 is 1.16 bits per heavy atom. The lowest BCUT2D eigenvalue weighted by molar-refractivity contribution is -0.128. The maximum absolute atomic E-state index is 13.6. The number of carbonyl (C=O) groups is 1. The number of hydrazine groups is 2. The highest BCUT2D eigenvalue weighted by atomic mass is 35.5. The van der Waals surface area contributed by atoms with Gasteiger partial charge in [-0.05, 0) is 48.7 Å². The molecule has 3 atom stereocenters. The van der Waals surface area contributed by atoms with E-state index in [0.717, 1.165) is 43.5 Å². The van der Waals surface area contributed by atoms with Crippen LogP contribution in [-0.2, 0) is 4.79 Å². The molecule has 0 aromatic heterocycles. The SMILES string of the molecule is CCCCCN(C)NC(=O)C1NN(c2ccc(Cl)cc2Cl)C(c2ccc(F)cc2)C1CC. The van der Waals surface area contributed by atoms with Crippen molar-refractivity contribution < 1.29 is 9.18 Å². The molecule has 2 aromatic rings. The minimum Gasteiger partial charge on any atom is -0.298 e. The summed E-state index contributed by atoms with van der Waals surface area (Å²) in [5.41, 5.74) is 8.01. The molecule has 5 nitrogen and oxygen atoms in total. The molecule has 0 saturated carbocycles. The summed E-state index contributed by atoms with van der Waals surface area (Å²) in [4.78, 5) is 13.2. The Bertz CT molecular complexity index is 911. The van der Waals surface area contributed by atoms with E-state index in [1.807, 2.05) is 23.1 Å². The molecular weight excluding hydrogens is 450 g/mol. The first-order valence-corrected chi connectivity index (χ1v) is 11.9. The molecule has 3 unspecified atom stereocenters. The third kappa shape index (κ3) is 5.73. The van der Waals surface area contributed by atoms with Crippen molar-refractivity contribution in [1.82, 2.24) is 15.9 Å². The number of rotatable bonds is 9. The van der Waals surface area contributed by atoms with Crippen LogP contribution in [0.1, 0.15) is 51.1 Å². The fraction of sp³-hybridized carbons (Fsp3) is 0.458. The van der Waals surface area contributed by atoms with E-state index >= 15 is 0 Å². The minimum atomic E-state index is -0.476. The largest absolute Gasteiger partial charge is 0.298 e. The van der Waals surface area contributed by atoms with Crippen molar-refractivity contribution in [3.8, 4) is 0 Å². The molecule has 8 heteroatoms. The number of benzene rings is 2. The molecule has 2 aromatic carbocycles. The summed E-state index contributed by atoms with van der Waals surface area (Å²) in [6.07, 6.45) is 4.01. The van der Waals surface area contributed by atoms with Crippen LogP contribution in [-0.4, -0.2) is 30.6 Å². The van der Waals surface area contributed by atoms with Gasteiger partial charge in [0.15, 0.2) is 0 Å². The van der Waals surface area contributed by atoms with Crippen molar-refractivity contribution in [3.63, 3.8) is 0 Å². The predicted molar refractivity (Wildman–Crippen MR) is 129 cm³/mol. The third-order valence-electron chi connectivity index (χ3n) is 5.92.